The van der Waals surface area contributed by atoms with Crippen molar-refractivity contribution in [2.24, 2.45) is 5.92 Å². The Hall–Kier alpha value is -2.85. The molecule has 7 heteroatoms. The van der Waals surface area contributed by atoms with E-state index in [-0.39, 0.29) is 23.8 Å². The largest absolute Gasteiger partial charge is 0.371 e. The topological polar surface area (TPSA) is 76.4 Å². The lowest BCUT2D eigenvalue weighted by atomic mass is 9.95. The molecule has 2 aliphatic rings. The van der Waals surface area contributed by atoms with Crippen LogP contribution in [0, 0.1) is 17.2 Å². The van der Waals surface area contributed by atoms with Crippen molar-refractivity contribution >= 4 is 28.8 Å². The normalized spacial score (nSPS) is 19.9. The molecule has 0 bridgehead atoms. The fraction of sp³-hybridized carbons (Fsp3) is 0.435. The number of rotatable bonds is 4. The molecule has 2 saturated heterocycles. The van der Waals surface area contributed by atoms with Gasteiger partial charge < -0.3 is 15.1 Å². The molecule has 2 aliphatic heterocycles. The number of nitrogens with zero attached hydrogens (tertiary/aromatic N) is 3. The highest BCUT2D eigenvalue weighted by molar-refractivity contribution is 7.12. The average Bonchev–Trinajstić information content (AvgIpc) is 3.34. The van der Waals surface area contributed by atoms with Crippen molar-refractivity contribution in [1.82, 2.24) is 10.2 Å². The number of piperidine rings is 2. The van der Waals surface area contributed by atoms with Gasteiger partial charge in [0, 0.05) is 37.9 Å². The number of thiophene rings is 1. The van der Waals surface area contributed by atoms with Crippen molar-refractivity contribution in [3.05, 3.63) is 52.2 Å². The maximum absolute atomic E-state index is 12.9. The zero-order valence-corrected chi connectivity index (χ0v) is 17.7. The van der Waals surface area contributed by atoms with Gasteiger partial charge in [-0.1, -0.05) is 6.07 Å². The number of anilines is 1. The van der Waals surface area contributed by atoms with Gasteiger partial charge in [0.05, 0.1) is 22.4 Å². The van der Waals surface area contributed by atoms with Gasteiger partial charge in [-0.3, -0.25) is 9.59 Å². The Morgan fingerprint density at radius 2 is 1.83 bits per heavy atom. The van der Waals surface area contributed by atoms with E-state index in [1.54, 1.807) is 0 Å². The molecular formula is C23H26N4O2S. The van der Waals surface area contributed by atoms with Crippen LogP contribution >= 0.6 is 11.3 Å². The summed E-state index contributed by atoms with van der Waals surface area (Å²) in [5.74, 6) is -0.00653. The second-order valence-electron chi connectivity index (χ2n) is 8.00. The molecule has 6 nitrogen and oxygen atoms in total. The first-order valence-corrected chi connectivity index (χ1v) is 11.4. The minimum atomic E-state index is -0.126. The number of carbonyl (C=O) groups is 2. The van der Waals surface area contributed by atoms with Gasteiger partial charge >= 0.3 is 0 Å². The molecule has 156 valence electrons. The molecule has 1 aromatic carbocycles. The van der Waals surface area contributed by atoms with Gasteiger partial charge in [0.15, 0.2) is 0 Å². The van der Waals surface area contributed by atoms with E-state index in [0.717, 1.165) is 55.9 Å². The van der Waals surface area contributed by atoms with Gasteiger partial charge in [-0.2, -0.15) is 5.26 Å². The molecule has 3 heterocycles. The summed E-state index contributed by atoms with van der Waals surface area (Å²) >= 11 is 1.45. The number of nitrogens with one attached hydrogen (secondary N) is 1. The number of hydrogen-bond donors (Lipinski definition) is 1. The molecule has 30 heavy (non-hydrogen) atoms. The summed E-state index contributed by atoms with van der Waals surface area (Å²) in [6, 6.07) is 13.7. The summed E-state index contributed by atoms with van der Waals surface area (Å²) in [7, 11) is 0. The number of carbonyl (C=O) groups excluding carboxylic acids is 2. The predicted molar refractivity (Wildman–Crippen MR) is 117 cm³/mol. The highest BCUT2D eigenvalue weighted by Crippen LogP contribution is 2.23. The minimum Gasteiger partial charge on any atom is -0.371 e. The van der Waals surface area contributed by atoms with E-state index in [4.69, 9.17) is 5.26 Å². The molecule has 0 spiro atoms. The van der Waals surface area contributed by atoms with E-state index in [1.165, 1.54) is 11.3 Å². The molecule has 2 aromatic rings. The average molecular weight is 423 g/mol. The first-order chi connectivity index (χ1) is 14.6. The van der Waals surface area contributed by atoms with E-state index >= 15 is 0 Å². The maximum Gasteiger partial charge on any atom is 0.263 e. The Kier molecular flexibility index (Phi) is 6.34. The van der Waals surface area contributed by atoms with Gasteiger partial charge in [-0.15, -0.1) is 11.3 Å². The highest BCUT2D eigenvalue weighted by atomic mass is 32.1. The summed E-state index contributed by atoms with van der Waals surface area (Å²) < 4.78 is 0. The van der Waals surface area contributed by atoms with E-state index in [0.29, 0.717) is 12.1 Å². The Bertz CT molecular complexity index is 912. The molecular weight excluding hydrogens is 396 g/mol. The van der Waals surface area contributed by atoms with Crippen LogP contribution in [0.4, 0.5) is 5.69 Å². The smallest absolute Gasteiger partial charge is 0.263 e. The monoisotopic (exact) mass is 422 g/mol. The van der Waals surface area contributed by atoms with Crippen molar-refractivity contribution in [2.45, 2.75) is 31.7 Å². The first kappa shape index (κ1) is 20.4. The third-order valence-corrected chi connectivity index (χ3v) is 6.87. The maximum atomic E-state index is 12.9. The summed E-state index contributed by atoms with van der Waals surface area (Å²) in [5.41, 5.74) is 1.79. The molecule has 1 atom stereocenters. The number of benzene rings is 1. The van der Waals surface area contributed by atoms with Gasteiger partial charge in [-0.05, 0) is 61.4 Å². The van der Waals surface area contributed by atoms with Crippen LogP contribution in [0.2, 0.25) is 0 Å². The van der Waals surface area contributed by atoms with Crippen molar-refractivity contribution in [2.75, 3.05) is 31.1 Å². The Morgan fingerprint density at radius 1 is 1.07 bits per heavy atom. The number of likely N-dealkylation sites (tertiary alicyclic amines) is 1. The molecule has 1 N–H and O–H groups in total. The van der Waals surface area contributed by atoms with Crippen LogP contribution in [0.25, 0.3) is 0 Å². The van der Waals surface area contributed by atoms with E-state index in [1.807, 2.05) is 46.7 Å². The summed E-state index contributed by atoms with van der Waals surface area (Å²) in [5, 5.41) is 14.1. The lowest BCUT2D eigenvalue weighted by Gasteiger charge is -2.36. The van der Waals surface area contributed by atoms with E-state index < -0.39 is 0 Å². The number of nitriles is 1. The first-order valence-electron chi connectivity index (χ1n) is 10.5. The van der Waals surface area contributed by atoms with Gasteiger partial charge in [0.1, 0.15) is 0 Å². The highest BCUT2D eigenvalue weighted by Gasteiger charge is 2.31. The third-order valence-electron chi connectivity index (χ3n) is 6.01. The zero-order valence-electron chi connectivity index (χ0n) is 16.9. The summed E-state index contributed by atoms with van der Waals surface area (Å²) in [6.45, 7) is 2.99. The molecule has 0 aliphatic carbocycles. The van der Waals surface area contributed by atoms with Gasteiger partial charge in [0.2, 0.25) is 5.91 Å². The molecule has 1 unspecified atom stereocenters. The molecule has 0 radical (unpaired) electrons. The second-order valence-corrected chi connectivity index (χ2v) is 8.94. The van der Waals surface area contributed by atoms with Crippen molar-refractivity contribution in [3.8, 4) is 6.07 Å². The quantitative estimate of drug-likeness (QED) is 0.821. The minimum absolute atomic E-state index is 0.0400. The van der Waals surface area contributed by atoms with E-state index in [2.05, 4.69) is 16.3 Å². The molecule has 1 aromatic heterocycles. The Labute approximate surface area is 181 Å². The van der Waals surface area contributed by atoms with Crippen molar-refractivity contribution < 1.29 is 9.59 Å². The van der Waals surface area contributed by atoms with Crippen LogP contribution in [-0.2, 0) is 4.79 Å². The lowest BCUT2D eigenvalue weighted by Crippen LogP contribution is -2.50. The fourth-order valence-electron chi connectivity index (χ4n) is 4.28. The van der Waals surface area contributed by atoms with E-state index in [9.17, 15) is 9.59 Å². The standard InChI is InChI=1S/C23H26N4O2S/c24-15-17-5-7-20(8-6-17)26-12-9-19(10-13-26)25-22(28)18-3-1-11-27(16-18)23(29)21-4-2-14-30-21/h2,4-8,14,18-19H,1,3,9-13,16H2,(H,25,28). The summed E-state index contributed by atoms with van der Waals surface area (Å²) in [6.07, 6.45) is 3.50. The van der Waals surface area contributed by atoms with Crippen molar-refractivity contribution in [1.29, 1.82) is 5.26 Å². The lowest BCUT2D eigenvalue weighted by molar-refractivity contribution is -0.127. The fourth-order valence-corrected chi connectivity index (χ4v) is 4.97. The molecule has 2 fully saturated rings. The number of hydrogen-bond acceptors (Lipinski definition) is 5. The van der Waals surface area contributed by atoms with Crippen LogP contribution in [0.5, 0.6) is 0 Å². The van der Waals surface area contributed by atoms with Crippen molar-refractivity contribution in [3.63, 3.8) is 0 Å². The summed E-state index contributed by atoms with van der Waals surface area (Å²) in [4.78, 5) is 30.3. The molecule has 4 rings (SSSR count). The van der Waals surface area contributed by atoms with Crippen LogP contribution in [-0.4, -0.2) is 48.9 Å². The molecule has 0 saturated carbocycles. The zero-order chi connectivity index (χ0) is 20.9. The SMILES string of the molecule is N#Cc1ccc(N2CCC(NC(=O)C3CCCN(C(=O)c4cccs4)C3)CC2)cc1. The van der Waals surface area contributed by atoms with Crippen LogP contribution < -0.4 is 10.2 Å². The number of amides is 2. The van der Waals surface area contributed by atoms with Crippen LogP contribution in [0.1, 0.15) is 40.9 Å². The van der Waals surface area contributed by atoms with Crippen LogP contribution in [0.3, 0.4) is 0 Å². The molecule has 2 amide bonds. The Morgan fingerprint density at radius 3 is 2.50 bits per heavy atom. The van der Waals surface area contributed by atoms with Gasteiger partial charge in [0.25, 0.3) is 5.91 Å². The van der Waals surface area contributed by atoms with Crippen LogP contribution in [0.15, 0.2) is 41.8 Å². The third kappa shape index (κ3) is 4.65. The Balaban J connectivity index is 1.27. The second kappa shape index (κ2) is 9.31. The van der Waals surface area contributed by atoms with Gasteiger partial charge in [-0.25, -0.2) is 0 Å². The predicted octanol–water partition coefficient (Wildman–Crippen LogP) is 3.26.